The predicted molar refractivity (Wildman–Crippen MR) is 84.3 cm³/mol. The average Bonchev–Trinajstić information content (AvgIpc) is 2.52. The predicted octanol–water partition coefficient (Wildman–Crippen LogP) is 3.50. The third-order valence-corrected chi connectivity index (χ3v) is 3.45. The van der Waals surface area contributed by atoms with Gasteiger partial charge < -0.3 is 15.2 Å². The number of nitrogens with one attached hydrogen (secondary N) is 1. The van der Waals surface area contributed by atoms with E-state index in [9.17, 15) is 14.7 Å². The zero-order valence-corrected chi connectivity index (χ0v) is 13.1. The van der Waals surface area contributed by atoms with Crippen LogP contribution in [0.5, 0.6) is 0 Å². The first-order valence-corrected chi connectivity index (χ1v) is 7.31. The molecule has 1 atom stereocenters. The second-order valence-corrected chi connectivity index (χ2v) is 5.44. The van der Waals surface area contributed by atoms with Gasteiger partial charge in [0.2, 0.25) is 0 Å². The molecule has 2 rings (SSSR count). The first-order chi connectivity index (χ1) is 10.6. The maximum Gasteiger partial charge on any atom is 0.408 e. The van der Waals surface area contributed by atoms with Gasteiger partial charge in [-0.1, -0.05) is 58.4 Å². The number of alkyl carbamates (subject to hydrolysis) is 1. The summed E-state index contributed by atoms with van der Waals surface area (Å²) in [6.45, 7) is 0.0827. The SMILES string of the molecule is O=C(NC(C(=O)O)c1ccc(Br)cc1)OCc1ccccc1. The molecule has 0 aromatic heterocycles. The number of hydrogen-bond donors (Lipinski definition) is 2. The van der Waals surface area contributed by atoms with Crippen LogP contribution in [0.3, 0.4) is 0 Å². The number of rotatable bonds is 5. The molecular formula is C16H14BrNO4. The van der Waals surface area contributed by atoms with Crippen LogP contribution in [-0.2, 0) is 16.1 Å². The van der Waals surface area contributed by atoms with Crippen molar-refractivity contribution in [3.05, 3.63) is 70.2 Å². The van der Waals surface area contributed by atoms with Crippen molar-refractivity contribution >= 4 is 28.0 Å². The Balaban J connectivity index is 1.97. The Labute approximate surface area is 136 Å². The molecule has 0 saturated carbocycles. The van der Waals surface area contributed by atoms with Crippen LogP contribution < -0.4 is 5.32 Å². The Morgan fingerprint density at radius 2 is 1.73 bits per heavy atom. The van der Waals surface area contributed by atoms with Gasteiger partial charge >= 0.3 is 12.1 Å². The molecule has 0 aliphatic rings. The third kappa shape index (κ3) is 4.60. The molecule has 5 nitrogen and oxygen atoms in total. The van der Waals surface area contributed by atoms with Crippen molar-refractivity contribution in [2.24, 2.45) is 0 Å². The molecule has 2 N–H and O–H groups in total. The Kier molecular flexibility index (Phi) is 5.55. The lowest BCUT2D eigenvalue weighted by Gasteiger charge is -2.15. The summed E-state index contributed by atoms with van der Waals surface area (Å²) in [5.41, 5.74) is 1.29. The molecule has 2 aromatic carbocycles. The van der Waals surface area contributed by atoms with Crippen LogP contribution in [0.25, 0.3) is 0 Å². The van der Waals surface area contributed by atoms with Gasteiger partial charge in [-0.25, -0.2) is 9.59 Å². The van der Waals surface area contributed by atoms with Crippen LogP contribution in [0.4, 0.5) is 4.79 Å². The van der Waals surface area contributed by atoms with E-state index >= 15 is 0 Å². The zero-order chi connectivity index (χ0) is 15.9. The van der Waals surface area contributed by atoms with Crippen molar-refractivity contribution in [2.45, 2.75) is 12.6 Å². The fourth-order valence-corrected chi connectivity index (χ4v) is 2.09. The third-order valence-electron chi connectivity index (χ3n) is 2.93. The van der Waals surface area contributed by atoms with Gasteiger partial charge in [0.15, 0.2) is 6.04 Å². The minimum atomic E-state index is -1.16. The molecule has 0 heterocycles. The van der Waals surface area contributed by atoms with Gasteiger partial charge in [-0.2, -0.15) is 0 Å². The average molecular weight is 364 g/mol. The molecule has 0 saturated heterocycles. The summed E-state index contributed by atoms with van der Waals surface area (Å²) in [7, 11) is 0. The molecule has 22 heavy (non-hydrogen) atoms. The monoisotopic (exact) mass is 363 g/mol. The van der Waals surface area contributed by atoms with Crippen molar-refractivity contribution in [2.75, 3.05) is 0 Å². The molecule has 2 aromatic rings. The minimum Gasteiger partial charge on any atom is -0.479 e. The van der Waals surface area contributed by atoms with E-state index in [1.165, 1.54) is 0 Å². The summed E-state index contributed by atoms with van der Waals surface area (Å²) < 4.78 is 5.86. The maximum absolute atomic E-state index is 11.8. The molecule has 0 bridgehead atoms. The van der Waals surface area contributed by atoms with Crippen molar-refractivity contribution in [1.82, 2.24) is 5.32 Å². The van der Waals surface area contributed by atoms with Crippen LogP contribution >= 0.6 is 15.9 Å². The first-order valence-electron chi connectivity index (χ1n) is 6.52. The molecule has 0 spiro atoms. The molecule has 0 aliphatic carbocycles. The van der Waals surface area contributed by atoms with Crippen LogP contribution in [0.2, 0.25) is 0 Å². The number of carboxylic acid groups (broad SMARTS) is 1. The summed E-state index contributed by atoms with van der Waals surface area (Å²) in [5, 5.41) is 11.6. The summed E-state index contributed by atoms with van der Waals surface area (Å²) in [6.07, 6.45) is -0.779. The standard InChI is InChI=1S/C16H14BrNO4/c17-13-8-6-12(7-9-13)14(15(19)20)18-16(21)22-10-11-4-2-1-3-5-11/h1-9,14H,10H2,(H,18,21)(H,19,20). The number of carbonyl (C=O) groups is 2. The van der Waals surface area contributed by atoms with Crippen molar-refractivity contribution < 1.29 is 19.4 Å². The summed E-state index contributed by atoms with van der Waals surface area (Å²) in [5.74, 6) is -1.15. The van der Waals surface area contributed by atoms with Crippen LogP contribution in [0.1, 0.15) is 17.2 Å². The van der Waals surface area contributed by atoms with Gasteiger partial charge in [0.1, 0.15) is 6.61 Å². The Hall–Kier alpha value is -2.34. The topological polar surface area (TPSA) is 75.6 Å². The maximum atomic E-state index is 11.8. The Bertz CT molecular complexity index is 643. The van der Waals surface area contributed by atoms with E-state index in [-0.39, 0.29) is 6.61 Å². The van der Waals surface area contributed by atoms with Gasteiger partial charge in [-0.05, 0) is 23.3 Å². The lowest BCUT2D eigenvalue weighted by molar-refractivity contribution is -0.139. The van der Waals surface area contributed by atoms with E-state index in [0.29, 0.717) is 5.56 Å². The zero-order valence-electron chi connectivity index (χ0n) is 11.5. The lowest BCUT2D eigenvalue weighted by Crippen LogP contribution is -2.34. The number of aliphatic carboxylic acids is 1. The molecule has 114 valence electrons. The Morgan fingerprint density at radius 3 is 2.32 bits per heavy atom. The van der Waals surface area contributed by atoms with Gasteiger partial charge in [0, 0.05) is 4.47 Å². The lowest BCUT2D eigenvalue weighted by atomic mass is 10.1. The van der Waals surface area contributed by atoms with E-state index in [2.05, 4.69) is 21.2 Å². The van der Waals surface area contributed by atoms with Gasteiger partial charge in [0.25, 0.3) is 0 Å². The summed E-state index contributed by atoms with van der Waals surface area (Å²) in [4.78, 5) is 23.1. The molecule has 6 heteroatoms. The minimum absolute atomic E-state index is 0.0827. The highest BCUT2D eigenvalue weighted by molar-refractivity contribution is 9.10. The first kappa shape index (κ1) is 16.0. The van der Waals surface area contributed by atoms with Crippen molar-refractivity contribution in [3.8, 4) is 0 Å². The summed E-state index contributed by atoms with van der Waals surface area (Å²) >= 11 is 3.27. The molecule has 0 fully saturated rings. The number of amides is 1. The van der Waals surface area contributed by atoms with Crippen LogP contribution in [0, 0.1) is 0 Å². The fraction of sp³-hybridized carbons (Fsp3) is 0.125. The molecule has 1 amide bonds. The number of benzene rings is 2. The van der Waals surface area contributed by atoms with Crippen molar-refractivity contribution in [1.29, 1.82) is 0 Å². The van der Waals surface area contributed by atoms with Gasteiger partial charge in [-0.15, -0.1) is 0 Å². The van der Waals surface area contributed by atoms with E-state index in [1.807, 2.05) is 30.3 Å². The van der Waals surface area contributed by atoms with E-state index in [4.69, 9.17) is 4.74 Å². The van der Waals surface area contributed by atoms with Gasteiger partial charge in [0.05, 0.1) is 0 Å². The highest BCUT2D eigenvalue weighted by Gasteiger charge is 2.22. The number of ether oxygens (including phenoxy) is 1. The Morgan fingerprint density at radius 1 is 1.09 bits per heavy atom. The highest BCUT2D eigenvalue weighted by Crippen LogP contribution is 2.17. The second-order valence-electron chi connectivity index (χ2n) is 4.53. The highest BCUT2D eigenvalue weighted by atomic mass is 79.9. The molecule has 0 radical (unpaired) electrons. The molecule has 0 aliphatic heterocycles. The van der Waals surface area contributed by atoms with E-state index in [1.54, 1.807) is 24.3 Å². The normalized spacial score (nSPS) is 11.5. The number of carboxylic acids is 1. The molecular weight excluding hydrogens is 350 g/mol. The second kappa shape index (κ2) is 7.61. The van der Waals surface area contributed by atoms with E-state index < -0.39 is 18.1 Å². The number of hydrogen-bond acceptors (Lipinski definition) is 3. The van der Waals surface area contributed by atoms with Crippen molar-refractivity contribution in [3.63, 3.8) is 0 Å². The van der Waals surface area contributed by atoms with Gasteiger partial charge in [-0.3, -0.25) is 0 Å². The molecule has 1 unspecified atom stereocenters. The smallest absolute Gasteiger partial charge is 0.408 e. The fourth-order valence-electron chi connectivity index (χ4n) is 1.83. The van der Waals surface area contributed by atoms with Crippen LogP contribution in [0.15, 0.2) is 59.1 Å². The summed E-state index contributed by atoms with van der Waals surface area (Å²) in [6, 6.07) is 14.7. The quantitative estimate of drug-likeness (QED) is 0.852. The number of halogens is 1. The van der Waals surface area contributed by atoms with Crippen LogP contribution in [-0.4, -0.2) is 17.2 Å². The number of carbonyl (C=O) groups excluding carboxylic acids is 1. The van der Waals surface area contributed by atoms with E-state index in [0.717, 1.165) is 10.0 Å². The largest absolute Gasteiger partial charge is 0.479 e.